The van der Waals surface area contributed by atoms with E-state index in [1.807, 2.05) is 60.4 Å². The van der Waals surface area contributed by atoms with Crippen LogP contribution in [0.4, 0.5) is 10.5 Å². The molecule has 1 aliphatic heterocycles. The average molecular weight is 573 g/mol. The fourth-order valence-corrected chi connectivity index (χ4v) is 5.35. The molecule has 0 saturated heterocycles. The summed E-state index contributed by atoms with van der Waals surface area (Å²) in [4.78, 5) is 15.4. The van der Waals surface area contributed by atoms with Gasteiger partial charge in [0.15, 0.2) is 11.5 Å². The van der Waals surface area contributed by atoms with Gasteiger partial charge in [0.25, 0.3) is 0 Å². The van der Waals surface area contributed by atoms with Crippen molar-refractivity contribution >= 4 is 11.7 Å². The summed E-state index contributed by atoms with van der Waals surface area (Å²) >= 11 is 0. The molecule has 2 heterocycles. The van der Waals surface area contributed by atoms with Gasteiger partial charge in [0.05, 0.1) is 46.2 Å². The van der Waals surface area contributed by atoms with Crippen LogP contribution in [0, 0.1) is 6.92 Å². The summed E-state index contributed by atoms with van der Waals surface area (Å²) in [6.07, 6.45) is 2.80. The second kappa shape index (κ2) is 12.8. The number of nitrogen functional groups attached to an aromatic ring is 1. The van der Waals surface area contributed by atoms with Gasteiger partial charge in [-0.2, -0.15) is 0 Å². The van der Waals surface area contributed by atoms with Crippen LogP contribution < -0.4 is 30.0 Å². The van der Waals surface area contributed by atoms with Gasteiger partial charge in [-0.15, -0.1) is 0 Å². The Morgan fingerprint density at radius 2 is 1.83 bits per heavy atom. The Labute approximate surface area is 245 Å². The number of hydrogen-bond donors (Lipinski definition) is 2. The number of nitrogens with one attached hydrogen (secondary N) is 1. The molecule has 1 aromatic heterocycles. The molecule has 10 heteroatoms. The van der Waals surface area contributed by atoms with E-state index in [2.05, 4.69) is 10.5 Å². The summed E-state index contributed by atoms with van der Waals surface area (Å²) in [6, 6.07) is 16.8. The van der Waals surface area contributed by atoms with Crippen LogP contribution in [-0.4, -0.2) is 50.6 Å². The zero-order chi connectivity index (χ0) is 29.6. The molecule has 5 rings (SSSR count). The molecule has 0 aliphatic carbocycles. The number of nitrogens with zero attached hydrogens (tertiary/aromatic N) is 2. The molecule has 2 amide bonds. The SMILES string of the molecule is COc1ccc(C2c3cc(OCCc4ccc(OC)c(N)c4)c(OC)cc3CCN2C(=O)NCc2ccon2)c(C)c1. The number of benzene rings is 3. The summed E-state index contributed by atoms with van der Waals surface area (Å²) in [7, 11) is 4.87. The second-order valence-electron chi connectivity index (χ2n) is 10.1. The number of rotatable bonds is 10. The normalized spacial score (nSPS) is 14.2. The summed E-state index contributed by atoms with van der Waals surface area (Å²) in [6.45, 7) is 3.23. The maximum absolute atomic E-state index is 13.6. The topological polar surface area (TPSA) is 121 Å². The number of urea groups is 1. The predicted octanol–water partition coefficient (Wildman–Crippen LogP) is 5.07. The van der Waals surface area contributed by atoms with Crippen molar-refractivity contribution in [3.05, 3.63) is 94.4 Å². The Hall–Kier alpha value is -4.86. The minimum atomic E-state index is -0.355. The quantitative estimate of drug-likeness (QED) is 0.253. The molecule has 4 aromatic rings. The van der Waals surface area contributed by atoms with Gasteiger partial charge in [-0.3, -0.25) is 0 Å². The highest BCUT2D eigenvalue weighted by Gasteiger charge is 2.34. The molecular formula is C32H36N4O6. The average Bonchev–Trinajstić information content (AvgIpc) is 3.53. The lowest BCUT2D eigenvalue weighted by atomic mass is 9.86. The molecule has 3 N–H and O–H groups in total. The molecule has 0 spiro atoms. The minimum Gasteiger partial charge on any atom is -0.497 e. The maximum Gasteiger partial charge on any atom is 0.318 e. The van der Waals surface area contributed by atoms with Crippen molar-refractivity contribution < 1.29 is 28.3 Å². The van der Waals surface area contributed by atoms with Crippen molar-refractivity contribution in [2.75, 3.05) is 40.2 Å². The second-order valence-corrected chi connectivity index (χ2v) is 10.1. The Bertz CT molecular complexity index is 1540. The van der Waals surface area contributed by atoms with Crippen molar-refractivity contribution in [3.63, 3.8) is 0 Å². The highest BCUT2D eigenvalue weighted by Crippen LogP contribution is 2.42. The first kappa shape index (κ1) is 28.7. The van der Waals surface area contributed by atoms with Crippen LogP contribution in [0.25, 0.3) is 0 Å². The number of fused-ring (bicyclic) bond motifs is 1. The first-order valence-electron chi connectivity index (χ1n) is 13.8. The Balaban J connectivity index is 1.45. The van der Waals surface area contributed by atoms with Gasteiger partial charge in [-0.1, -0.05) is 17.3 Å². The standard InChI is InChI=1S/C32H36N4O6/c1-20-15-24(38-2)6-7-25(20)31-26-18-30(41-13-10-21-5-8-28(39-3)27(33)16-21)29(40-4)17-22(26)9-12-36(31)32(37)34-19-23-11-14-42-35-23/h5-8,11,14-18,31H,9-10,12-13,19,33H2,1-4H3,(H,34,37). The molecule has 10 nitrogen and oxygen atoms in total. The van der Waals surface area contributed by atoms with Crippen LogP contribution in [-0.2, 0) is 19.4 Å². The highest BCUT2D eigenvalue weighted by molar-refractivity contribution is 5.76. The summed E-state index contributed by atoms with van der Waals surface area (Å²) in [5.41, 5.74) is 12.4. The number of carbonyl (C=O) groups is 1. The molecule has 0 radical (unpaired) electrons. The summed E-state index contributed by atoms with van der Waals surface area (Å²) in [5, 5.41) is 6.90. The third-order valence-corrected chi connectivity index (χ3v) is 7.54. The predicted molar refractivity (Wildman–Crippen MR) is 158 cm³/mol. The van der Waals surface area contributed by atoms with E-state index in [-0.39, 0.29) is 18.6 Å². The molecule has 3 aromatic carbocycles. The van der Waals surface area contributed by atoms with E-state index in [9.17, 15) is 4.79 Å². The lowest BCUT2D eigenvalue weighted by molar-refractivity contribution is 0.179. The number of amides is 2. The van der Waals surface area contributed by atoms with E-state index in [1.54, 1.807) is 27.4 Å². The van der Waals surface area contributed by atoms with Crippen LogP contribution in [0.5, 0.6) is 23.0 Å². The minimum absolute atomic E-state index is 0.195. The van der Waals surface area contributed by atoms with Crippen molar-refractivity contribution in [3.8, 4) is 23.0 Å². The third-order valence-electron chi connectivity index (χ3n) is 7.54. The van der Waals surface area contributed by atoms with Gasteiger partial charge in [0, 0.05) is 19.0 Å². The Morgan fingerprint density at radius 3 is 2.52 bits per heavy atom. The zero-order valence-electron chi connectivity index (χ0n) is 24.3. The first-order valence-corrected chi connectivity index (χ1v) is 13.8. The van der Waals surface area contributed by atoms with Crippen LogP contribution in [0.3, 0.4) is 0 Å². The molecule has 0 saturated carbocycles. The van der Waals surface area contributed by atoms with Crippen LogP contribution in [0.1, 0.15) is 39.6 Å². The fourth-order valence-electron chi connectivity index (χ4n) is 5.35. The number of carbonyl (C=O) groups excluding carboxylic acids is 1. The van der Waals surface area contributed by atoms with E-state index in [1.165, 1.54) is 6.26 Å². The number of aryl methyl sites for hydroxylation is 1. The fraction of sp³-hybridized carbons (Fsp3) is 0.312. The third kappa shape index (κ3) is 6.07. The highest BCUT2D eigenvalue weighted by atomic mass is 16.5. The van der Waals surface area contributed by atoms with E-state index in [4.69, 9.17) is 29.2 Å². The number of methoxy groups -OCH3 is 3. The number of hydrogen-bond acceptors (Lipinski definition) is 8. The zero-order valence-corrected chi connectivity index (χ0v) is 24.3. The van der Waals surface area contributed by atoms with Gasteiger partial charge < -0.3 is 39.4 Å². The lowest BCUT2D eigenvalue weighted by Gasteiger charge is -2.38. The van der Waals surface area contributed by atoms with Gasteiger partial charge in [-0.05, 0) is 77.6 Å². The van der Waals surface area contributed by atoms with Gasteiger partial charge in [0.1, 0.15) is 23.5 Å². The van der Waals surface area contributed by atoms with Crippen LogP contribution in [0.15, 0.2) is 65.4 Å². The van der Waals surface area contributed by atoms with Gasteiger partial charge in [0.2, 0.25) is 0 Å². The molecule has 0 bridgehead atoms. The number of anilines is 1. The number of aromatic nitrogens is 1. The molecular weight excluding hydrogens is 536 g/mol. The monoisotopic (exact) mass is 572 g/mol. The summed E-state index contributed by atoms with van der Waals surface area (Å²) < 4.78 is 27.6. The van der Waals surface area contributed by atoms with Gasteiger partial charge in [-0.25, -0.2) is 4.79 Å². The van der Waals surface area contributed by atoms with Crippen LogP contribution >= 0.6 is 0 Å². The summed E-state index contributed by atoms with van der Waals surface area (Å²) in [5.74, 6) is 2.66. The van der Waals surface area contributed by atoms with Crippen LogP contribution in [0.2, 0.25) is 0 Å². The van der Waals surface area contributed by atoms with Crippen molar-refractivity contribution in [1.82, 2.24) is 15.4 Å². The van der Waals surface area contributed by atoms with E-state index in [0.29, 0.717) is 54.6 Å². The molecule has 220 valence electrons. The number of ether oxygens (including phenoxy) is 4. The van der Waals surface area contributed by atoms with Crippen molar-refractivity contribution in [1.29, 1.82) is 0 Å². The first-order chi connectivity index (χ1) is 20.4. The van der Waals surface area contributed by atoms with Gasteiger partial charge >= 0.3 is 6.03 Å². The Kier molecular flexibility index (Phi) is 8.71. The smallest absolute Gasteiger partial charge is 0.318 e. The molecule has 42 heavy (non-hydrogen) atoms. The van der Waals surface area contributed by atoms with E-state index < -0.39 is 0 Å². The number of nitrogens with two attached hydrogens (primary N) is 1. The van der Waals surface area contributed by atoms with E-state index in [0.717, 1.165) is 33.6 Å². The van der Waals surface area contributed by atoms with E-state index >= 15 is 0 Å². The molecule has 0 fully saturated rings. The lowest BCUT2D eigenvalue weighted by Crippen LogP contribution is -2.46. The molecule has 1 aliphatic rings. The van der Waals surface area contributed by atoms with Crippen molar-refractivity contribution in [2.24, 2.45) is 0 Å². The Morgan fingerprint density at radius 1 is 1.00 bits per heavy atom. The molecule has 1 atom stereocenters. The maximum atomic E-state index is 13.6. The molecule has 1 unspecified atom stereocenters. The largest absolute Gasteiger partial charge is 0.497 e. The van der Waals surface area contributed by atoms with Crippen molar-refractivity contribution in [2.45, 2.75) is 32.4 Å².